The number of imidazole rings is 1. The molecule has 0 saturated carbocycles. The van der Waals surface area contributed by atoms with Crippen molar-refractivity contribution in [3.05, 3.63) is 50.1 Å². The largest absolute Gasteiger partial charge is 0.351 e. The zero-order valence-corrected chi connectivity index (χ0v) is 12.5. The van der Waals surface area contributed by atoms with Crippen LogP contribution in [-0.4, -0.2) is 27.4 Å². The van der Waals surface area contributed by atoms with Crippen LogP contribution in [0.5, 0.6) is 0 Å². The lowest BCUT2D eigenvalue weighted by Gasteiger charge is -2.02. The molecular formula is C14H13FN4O2S. The molecule has 0 fully saturated rings. The second-order valence-electron chi connectivity index (χ2n) is 4.82. The van der Waals surface area contributed by atoms with Crippen molar-refractivity contribution in [2.24, 2.45) is 0 Å². The number of aryl methyl sites for hydroxylation is 1. The van der Waals surface area contributed by atoms with Crippen LogP contribution >= 0.6 is 11.3 Å². The first-order chi connectivity index (χ1) is 10.5. The number of thiazole rings is 1. The number of carbonyl (C=O) groups excluding carboxylic acids is 1. The molecule has 0 aliphatic heterocycles. The Labute approximate surface area is 128 Å². The molecule has 1 amide bonds. The minimum atomic E-state index is -0.325. The standard InChI is InChI=1S/C14H13FN4O2S/c1-7-12(22-14(21)17-7)13(20)16-5-4-11-18-9-3-2-8(15)6-10(9)19-11/h2-3,6H,4-5H2,1H3,(H,16,20)(H,17,21)(H,18,19). The predicted octanol–water partition coefficient (Wildman–Crippen LogP) is 1.73. The van der Waals surface area contributed by atoms with Gasteiger partial charge in [0.05, 0.1) is 11.0 Å². The number of amides is 1. The molecule has 1 aromatic carbocycles. The van der Waals surface area contributed by atoms with Crippen LogP contribution in [0.2, 0.25) is 0 Å². The van der Waals surface area contributed by atoms with E-state index >= 15 is 0 Å². The number of nitrogens with one attached hydrogen (secondary N) is 3. The Kier molecular flexibility index (Phi) is 3.76. The average Bonchev–Trinajstić information content (AvgIpc) is 3.00. The summed E-state index contributed by atoms with van der Waals surface area (Å²) >= 11 is 0.886. The normalized spacial score (nSPS) is 11.0. The summed E-state index contributed by atoms with van der Waals surface area (Å²) in [5, 5.41) is 2.74. The minimum absolute atomic E-state index is 0.248. The number of H-pyrrole nitrogens is 2. The molecule has 0 unspecified atom stereocenters. The number of fused-ring (bicyclic) bond motifs is 1. The lowest BCUT2D eigenvalue weighted by molar-refractivity contribution is 0.0957. The first-order valence-corrected chi connectivity index (χ1v) is 7.46. The molecule has 3 N–H and O–H groups in total. The van der Waals surface area contributed by atoms with Crippen molar-refractivity contribution in [1.29, 1.82) is 0 Å². The van der Waals surface area contributed by atoms with Gasteiger partial charge >= 0.3 is 4.87 Å². The van der Waals surface area contributed by atoms with Crippen LogP contribution < -0.4 is 10.2 Å². The average molecular weight is 320 g/mol. The van der Waals surface area contributed by atoms with Crippen LogP contribution in [0.15, 0.2) is 23.0 Å². The molecule has 3 rings (SSSR count). The number of aromatic amines is 2. The van der Waals surface area contributed by atoms with Crippen molar-refractivity contribution >= 4 is 28.3 Å². The van der Waals surface area contributed by atoms with Gasteiger partial charge in [0, 0.05) is 18.7 Å². The van der Waals surface area contributed by atoms with Crippen molar-refractivity contribution in [1.82, 2.24) is 20.3 Å². The third-order valence-electron chi connectivity index (χ3n) is 3.17. The maximum absolute atomic E-state index is 13.1. The molecule has 2 heterocycles. The lowest BCUT2D eigenvalue weighted by Crippen LogP contribution is -2.25. The highest BCUT2D eigenvalue weighted by Crippen LogP contribution is 2.13. The number of hydrogen-bond donors (Lipinski definition) is 3. The van der Waals surface area contributed by atoms with Gasteiger partial charge in [0.1, 0.15) is 16.5 Å². The maximum Gasteiger partial charge on any atom is 0.305 e. The zero-order chi connectivity index (χ0) is 15.7. The Balaban J connectivity index is 1.63. The topological polar surface area (TPSA) is 90.6 Å². The van der Waals surface area contributed by atoms with E-state index in [-0.39, 0.29) is 16.6 Å². The number of benzene rings is 1. The van der Waals surface area contributed by atoms with Gasteiger partial charge in [-0.2, -0.15) is 0 Å². The molecule has 0 radical (unpaired) electrons. The van der Waals surface area contributed by atoms with E-state index in [0.29, 0.717) is 40.4 Å². The van der Waals surface area contributed by atoms with Gasteiger partial charge in [0.25, 0.3) is 5.91 Å². The highest BCUT2D eigenvalue weighted by Gasteiger charge is 2.13. The van der Waals surface area contributed by atoms with Crippen LogP contribution in [0.25, 0.3) is 11.0 Å². The summed E-state index contributed by atoms with van der Waals surface area (Å²) in [5.74, 6) is 0.0525. The van der Waals surface area contributed by atoms with Gasteiger partial charge in [0.15, 0.2) is 0 Å². The van der Waals surface area contributed by atoms with Crippen molar-refractivity contribution in [2.75, 3.05) is 6.54 Å². The fourth-order valence-electron chi connectivity index (χ4n) is 2.15. The third-order valence-corrected chi connectivity index (χ3v) is 4.15. The monoisotopic (exact) mass is 320 g/mol. The number of nitrogens with zero attached hydrogens (tertiary/aromatic N) is 1. The van der Waals surface area contributed by atoms with E-state index in [2.05, 4.69) is 20.3 Å². The number of carbonyl (C=O) groups is 1. The fourth-order valence-corrected chi connectivity index (χ4v) is 2.91. The summed E-state index contributed by atoms with van der Waals surface area (Å²) in [5.41, 5.74) is 1.87. The van der Waals surface area contributed by atoms with Crippen molar-refractivity contribution < 1.29 is 9.18 Å². The Bertz CT molecular complexity index is 896. The van der Waals surface area contributed by atoms with Gasteiger partial charge in [-0.25, -0.2) is 9.37 Å². The molecule has 8 heteroatoms. The van der Waals surface area contributed by atoms with Gasteiger partial charge in [-0.3, -0.25) is 9.59 Å². The highest BCUT2D eigenvalue weighted by atomic mass is 32.1. The smallest absolute Gasteiger partial charge is 0.305 e. The molecule has 6 nitrogen and oxygen atoms in total. The third kappa shape index (κ3) is 2.91. The maximum atomic E-state index is 13.1. The zero-order valence-electron chi connectivity index (χ0n) is 11.7. The fraction of sp³-hybridized carbons (Fsp3) is 0.214. The molecule has 0 aliphatic rings. The van der Waals surface area contributed by atoms with Gasteiger partial charge in [-0.15, -0.1) is 0 Å². The van der Waals surface area contributed by atoms with Crippen LogP contribution in [0.4, 0.5) is 4.39 Å². The molecule has 0 saturated heterocycles. The molecule has 0 spiro atoms. The van der Waals surface area contributed by atoms with Crippen LogP contribution in [0.3, 0.4) is 0 Å². The highest BCUT2D eigenvalue weighted by molar-refractivity contribution is 7.11. The Morgan fingerprint density at radius 3 is 2.95 bits per heavy atom. The van der Waals surface area contributed by atoms with Gasteiger partial charge in [-0.1, -0.05) is 11.3 Å². The summed E-state index contributed by atoms with van der Waals surface area (Å²) in [6, 6.07) is 4.33. The second kappa shape index (κ2) is 5.72. The molecule has 2 aromatic heterocycles. The SMILES string of the molecule is Cc1[nH]c(=O)sc1C(=O)NCCc1nc2ccc(F)cc2[nH]1. The first-order valence-electron chi connectivity index (χ1n) is 6.65. The predicted molar refractivity (Wildman–Crippen MR) is 81.8 cm³/mol. The van der Waals surface area contributed by atoms with E-state index in [9.17, 15) is 14.0 Å². The Morgan fingerprint density at radius 2 is 2.23 bits per heavy atom. The second-order valence-corrected chi connectivity index (χ2v) is 5.80. The minimum Gasteiger partial charge on any atom is -0.351 e. The van der Waals surface area contributed by atoms with Gasteiger partial charge in [0.2, 0.25) is 0 Å². The summed E-state index contributed by atoms with van der Waals surface area (Å²) in [7, 11) is 0. The summed E-state index contributed by atoms with van der Waals surface area (Å²) in [6.45, 7) is 2.05. The van der Waals surface area contributed by atoms with Gasteiger partial charge < -0.3 is 15.3 Å². The van der Waals surface area contributed by atoms with Crippen LogP contribution in [-0.2, 0) is 6.42 Å². The van der Waals surface area contributed by atoms with E-state index in [1.807, 2.05) is 0 Å². The number of hydrogen-bond acceptors (Lipinski definition) is 4. The molecule has 0 aliphatic carbocycles. The van der Waals surface area contributed by atoms with Crippen molar-refractivity contribution in [3.63, 3.8) is 0 Å². The van der Waals surface area contributed by atoms with Crippen LogP contribution in [0.1, 0.15) is 21.2 Å². The molecule has 114 valence electrons. The molecule has 3 aromatic rings. The number of halogens is 1. The molecular weight excluding hydrogens is 307 g/mol. The molecule has 22 heavy (non-hydrogen) atoms. The van der Waals surface area contributed by atoms with E-state index in [1.54, 1.807) is 13.0 Å². The molecule has 0 atom stereocenters. The van der Waals surface area contributed by atoms with E-state index in [1.165, 1.54) is 12.1 Å². The van der Waals surface area contributed by atoms with E-state index < -0.39 is 0 Å². The quantitative estimate of drug-likeness (QED) is 0.684. The van der Waals surface area contributed by atoms with Crippen molar-refractivity contribution in [3.8, 4) is 0 Å². The number of aromatic nitrogens is 3. The lowest BCUT2D eigenvalue weighted by atomic mass is 10.3. The first kappa shape index (κ1) is 14.5. The van der Waals surface area contributed by atoms with E-state index in [4.69, 9.17) is 0 Å². The number of rotatable bonds is 4. The molecule has 0 bridgehead atoms. The van der Waals surface area contributed by atoms with E-state index in [0.717, 1.165) is 11.3 Å². The summed E-state index contributed by atoms with van der Waals surface area (Å²) < 4.78 is 13.1. The summed E-state index contributed by atoms with van der Waals surface area (Å²) in [4.78, 5) is 33.2. The Hall–Kier alpha value is -2.48. The summed E-state index contributed by atoms with van der Waals surface area (Å²) in [6.07, 6.45) is 0.487. The van der Waals surface area contributed by atoms with Crippen molar-refractivity contribution in [2.45, 2.75) is 13.3 Å². The van der Waals surface area contributed by atoms with Gasteiger partial charge in [-0.05, 0) is 25.1 Å². The van der Waals surface area contributed by atoms with Crippen LogP contribution in [0, 0.1) is 12.7 Å². The Morgan fingerprint density at radius 1 is 1.41 bits per heavy atom.